The van der Waals surface area contributed by atoms with Gasteiger partial charge in [-0.05, 0) is 30.7 Å². The highest BCUT2D eigenvalue weighted by atomic mass is 35.5. The van der Waals surface area contributed by atoms with Gasteiger partial charge in [-0.25, -0.2) is 0 Å². The molecule has 1 aromatic carbocycles. The molecule has 3 rings (SSSR count). The first-order chi connectivity index (χ1) is 11.0. The number of carbonyl (C=O) groups excluding carboxylic acids is 1. The van der Waals surface area contributed by atoms with Gasteiger partial charge in [-0.3, -0.25) is 10.2 Å². The van der Waals surface area contributed by atoms with Gasteiger partial charge in [-0.2, -0.15) is 0 Å². The van der Waals surface area contributed by atoms with E-state index in [0.29, 0.717) is 20.5 Å². The minimum atomic E-state index is -0.689. The van der Waals surface area contributed by atoms with E-state index in [1.54, 1.807) is 18.2 Å². The molecule has 1 aliphatic heterocycles. The lowest BCUT2D eigenvalue weighted by Gasteiger charge is -2.02. The number of aryl methyl sites for hydroxylation is 1. The summed E-state index contributed by atoms with van der Waals surface area (Å²) in [6, 6.07) is 4.62. The summed E-state index contributed by atoms with van der Waals surface area (Å²) in [5.74, 6) is -0.849. The summed E-state index contributed by atoms with van der Waals surface area (Å²) >= 11 is 8.36. The third-order valence-corrected chi connectivity index (χ3v) is 5.66. The maximum absolute atomic E-state index is 12.6. The van der Waals surface area contributed by atoms with Crippen LogP contribution < -0.4 is 0 Å². The maximum Gasteiger partial charge on any atom is 0.186 e. The van der Waals surface area contributed by atoms with Gasteiger partial charge in [-0.15, -0.1) is 21.5 Å². The molecule has 2 heterocycles. The molecule has 8 heteroatoms. The quantitative estimate of drug-likeness (QED) is 0.806. The minimum Gasteiger partial charge on any atom is -0.507 e. The van der Waals surface area contributed by atoms with Crippen LogP contribution in [0.15, 0.2) is 23.1 Å². The Bertz CT molecular complexity index is 832. The van der Waals surface area contributed by atoms with Gasteiger partial charge in [0.25, 0.3) is 0 Å². The molecule has 118 valence electrons. The number of phenols is 1. The predicted octanol–water partition coefficient (Wildman–Crippen LogP) is 3.88. The molecule has 1 saturated heterocycles. The van der Waals surface area contributed by atoms with Crippen LogP contribution in [0.1, 0.15) is 28.4 Å². The number of allylic oxidation sites excluding steroid dienone is 1. The molecule has 0 bridgehead atoms. The fraction of sp³-hybridized carbons (Fsp3) is 0.200. The molecule has 0 spiro atoms. The Kier molecular flexibility index (Phi) is 4.52. The highest BCUT2D eigenvalue weighted by molar-refractivity contribution is 8.19. The van der Waals surface area contributed by atoms with Crippen LogP contribution in [0.3, 0.4) is 0 Å². The molecule has 0 saturated carbocycles. The van der Waals surface area contributed by atoms with Gasteiger partial charge >= 0.3 is 0 Å². The molecule has 23 heavy (non-hydrogen) atoms. The first kappa shape index (κ1) is 16.2. The fourth-order valence-corrected chi connectivity index (χ4v) is 4.25. The van der Waals surface area contributed by atoms with E-state index in [9.17, 15) is 9.90 Å². The zero-order chi connectivity index (χ0) is 16.6. The summed E-state index contributed by atoms with van der Waals surface area (Å²) in [4.78, 5) is 13.0. The Hall–Kier alpha value is -1.70. The number of halogens is 1. The highest BCUT2D eigenvalue weighted by Gasteiger charge is 2.39. The lowest BCUT2D eigenvalue weighted by atomic mass is 10.0. The molecular weight excluding hydrogens is 354 g/mol. The van der Waals surface area contributed by atoms with Gasteiger partial charge in [-0.1, -0.05) is 30.3 Å². The predicted molar refractivity (Wildman–Crippen MR) is 93.4 cm³/mol. The summed E-state index contributed by atoms with van der Waals surface area (Å²) in [6.45, 7) is 1.97. The monoisotopic (exact) mass is 365 g/mol. The molecule has 1 aromatic heterocycles. The first-order valence-electron chi connectivity index (χ1n) is 6.82. The zero-order valence-corrected chi connectivity index (χ0v) is 14.4. The lowest BCUT2D eigenvalue weighted by molar-refractivity contribution is -0.114. The second-order valence-corrected chi connectivity index (χ2v) is 7.48. The van der Waals surface area contributed by atoms with Gasteiger partial charge < -0.3 is 5.11 Å². The number of hydrogen-bond acceptors (Lipinski definition) is 7. The number of carbonyl (C=O) groups is 1. The average Bonchev–Trinajstić information content (AvgIpc) is 3.08. The Labute approximate surface area is 145 Å². The van der Waals surface area contributed by atoms with E-state index in [0.717, 1.165) is 23.2 Å². The largest absolute Gasteiger partial charge is 0.507 e. The van der Waals surface area contributed by atoms with Crippen LogP contribution in [0.2, 0.25) is 5.02 Å². The van der Waals surface area contributed by atoms with E-state index in [4.69, 9.17) is 17.0 Å². The van der Waals surface area contributed by atoms with Gasteiger partial charge in [0, 0.05) is 10.6 Å². The Morgan fingerprint density at radius 2 is 2.22 bits per heavy atom. The first-order valence-corrected chi connectivity index (χ1v) is 8.83. The van der Waals surface area contributed by atoms with Gasteiger partial charge in [0.1, 0.15) is 21.7 Å². The summed E-state index contributed by atoms with van der Waals surface area (Å²) in [5.41, 5.74) is 0.452. The van der Waals surface area contributed by atoms with Crippen LogP contribution >= 0.6 is 34.7 Å². The normalized spacial score (nSPS) is 19.7. The smallest absolute Gasteiger partial charge is 0.186 e. The number of phenolic OH excluding ortho intramolecular Hbond substituents is 1. The van der Waals surface area contributed by atoms with Crippen molar-refractivity contribution in [2.45, 2.75) is 19.3 Å². The zero-order valence-electron chi connectivity index (χ0n) is 12.0. The van der Waals surface area contributed by atoms with Crippen molar-refractivity contribution in [3.05, 3.63) is 43.7 Å². The van der Waals surface area contributed by atoms with Crippen LogP contribution in [0.4, 0.5) is 0 Å². The van der Waals surface area contributed by atoms with E-state index in [2.05, 4.69) is 10.2 Å². The van der Waals surface area contributed by atoms with Crippen molar-refractivity contribution in [2.75, 3.05) is 0 Å². The average molecular weight is 366 g/mol. The van der Waals surface area contributed by atoms with Crippen molar-refractivity contribution in [2.24, 2.45) is 0 Å². The number of nitrogens with one attached hydrogen (secondary N) is 1. The van der Waals surface area contributed by atoms with Crippen LogP contribution in [0.25, 0.3) is 6.08 Å². The van der Waals surface area contributed by atoms with Crippen LogP contribution in [-0.2, 0) is 11.2 Å². The number of benzene rings is 1. The van der Waals surface area contributed by atoms with Crippen molar-refractivity contribution < 1.29 is 9.90 Å². The third-order valence-electron chi connectivity index (χ3n) is 3.30. The lowest BCUT2D eigenvalue weighted by Crippen LogP contribution is -2.11. The van der Waals surface area contributed by atoms with Crippen LogP contribution in [-0.4, -0.2) is 26.1 Å². The standard InChI is InChI=1S/C15H12ClN3O2S2/c1-2-11-18-19-15(23-11)12-13(21)10(22-14(12)17)6-7-5-8(16)3-4-9(7)20/h3-6,12,17,20H,2H2,1H3/b10-6-,17-14?/t12-/m0/s1. The number of aromatic hydroxyl groups is 1. The number of hydrogen-bond donors (Lipinski definition) is 2. The summed E-state index contributed by atoms with van der Waals surface area (Å²) < 4.78 is 0. The second kappa shape index (κ2) is 6.43. The maximum atomic E-state index is 12.6. The topological polar surface area (TPSA) is 86.9 Å². The van der Waals surface area contributed by atoms with E-state index in [-0.39, 0.29) is 16.6 Å². The Morgan fingerprint density at radius 1 is 1.43 bits per heavy atom. The van der Waals surface area contributed by atoms with Crippen molar-refractivity contribution in [3.8, 4) is 5.75 Å². The molecule has 1 atom stereocenters. The Morgan fingerprint density at radius 3 is 2.91 bits per heavy atom. The third kappa shape index (κ3) is 3.17. The Balaban J connectivity index is 1.94. The molecule has 0 aliphatic carbocycles. The molecule has 0 radical (unpaired) electrons. The number of aromatic nitrogens is 2. The van der Waals surface area contributed by atoms with Gasteiger partial charge in [0.2, 0.25) is 0 Å². The number of Topliss-reactive ketones (excluding diaryl/α,β-unsaturated/α-hetero) is 1. The second-order valence-electron chi connectivity index (χ2n) is 4.86. The van der Waals surface area contributed by atoms with Gasteiger partial charge in [0.05, 0.1) is 9.95 Å². The van der Waals surface area contributed by atoms with E-state index in [1.165, 1.54) is 17.4 Å². The molecule has 1 fully saturated rings. The van der Waals surface area contributed by atoms with E-state index < -0.39 is 5.92 Å². The van der Waals surface area contributed by atoms with Crippen molar-refractivity contribution in [1.82, 2.24) is 10.2 Å². The van der Waals surface area contributed by atoms with E-state index >= 15 is 0 Å². The van der Waals surface area contributed by atoms with Gasteiger partial charge in [0.15, 0.2) is 5.78 Å². The van der Waals surface area contributed by atoms with Crippen molar-refractivity contribution in [1.29, 1.82) is 5.41 Å². The summed E-state index contributed by atoms with van der Waals surface area (Å²) in [6.07, 6.45) is 2.31. The van der Waals surface area contributed by atoms with Crippen molar-refractivity contribution >= 4 is 51.6 Å². The molecule has 0 unspecified atom stereocenters. The summed E-state index contributed by atoms with van der Waals surface area (Å²) in [5, 5.41) is 28.1. The number of nitrogens with zero attached hydrogens (tertiary/aromatic N) is 2. The van der Waals surface area contributed by atoms with Crippen LogP contribution in [0.5, 0.6) is 5.75 Å². The number of thioether (sulfide) groups is 1. The molecule has 2 aromatic rings. The fourth-order valence-electron chi connectivity index (χ4n) is 2.12. The molecule has 1 aliphatic rings. The molecular formula is C15H12ClN3O2S2. The SMILES string of the molecule is CCc1nnc([C@@H]2C(=N)S/C(=C\c3cc(Cl)ccc3O)C2=O)s1. The highest BCUT2D eigenvalue weighted by Crippen LogP contribution is 2.42. The molecule has 5 nitrogen and oxygen atoms in total. The summed E-state index contributed by atoms with van der Waals surface area (Å²) in [7, 11) is 0. The van der Waals surface area contributed by atoms with Crippen molar-refractivity contribution in [3.63, 3.8) is 0 Å². The molecule has 2 N–H and O–H groups in total. The number of rotatable bonds is 3. The minimum absolute atomic E-state index is 0.0365. The van der Waals surface area contributed by atoms with Crippen LogP contribution in [0, 0.1) is 5.41 Å². The molecule has 0 amide bonds. The van der Waals surface area contributed by atoms with E-state index in [1.807, 2.05) is 6.92 Å². The number of ketones is 1.